The van der Waals surface area contributed by atoms with Crippen molar-refractivity contribution in [3.8, 4) is 0 Å². The number of hydrogen-bond donors (Lipinski definition) is 1. The zero-order valence-corrected chi connectivity index (χ0v) is 15.1. The quantitative estimate of drug-likeness (QED) is 0.755. The molecule has 4 rings (SSSR count). The highest BCUT2D eigenvalue weighted by Gasteiger charge is 2.27. The first-order valence-electron chi connectivity index (χ1n) is 8.94. The van der Waals surface area contributed by atoms with Crippen LogP contribution in [0.4, 0.5) is 5.82 Å². The fourth-order valence-electron chi connectivity index (χ4n) is 3.28. The molecule has 2 atom stereocenters. The highest BCUT2D eigenvalue weighted by Crippen LogP contribution is 2.21. The largest absolute Gasteiger partial charge is 0.379 e. The summed E-state index contributed by atoms with van der Waals surface area (Å²) in [7, 11) is 0. The van der Waals surface area contributed by atoms with Gasteiger partial charge < -0.3 is 19.3 Å². The van der Waals surface area contributed by atoms with Crippen LogP contribution in [0.2, 0.25) is 0 Å². The predicted octanol–water partition coefficient (Wildman–Crippen LogP) is 3.63. The van der Waals surface area contributed by atoms with E-state index in [4.69, 9.17) is 19.0 Å². The number of hydrogen-bond acceptors (Lipinski definition) is 6. The number of nitrogens with one attached hydrogen (secondary N) is 1. The van der Waals surface area contributed by atoms with Gasteiger partial charge in [0.2, 0.25) is 0 Å². The summed E-state index contributed by atoms with van der Waals surface area (Å²) in [5.41, 5.74) is 2.87. The third-order valence-corrected chi connectivity index (χ3v) is 4.86. The lowest BCUT2D eigenvalue weighted by molar-refractivity contribution is -0.0640. The van der Waals surface area contributed by atoms with Crippen LogP contribution in [0, 0.1) is 13.8 Å². The lowest BCUT2D eigenvalue weighted by Gasteiger charge is -2.32. The van der Waals surface area contributed by atoms with E-state index in [9.17, 15) is 0 Å². The molecule has 0 spiro atoms. The third-order valence-electron chi connectivity index (χ3n) is 4.86. The van der Waals surface area contributed by atoms with Crippen molar-refractivity contribution < 1.29 is 14.0 Å². The highest BCUT2D eigenvalue weighted by atomic mass is 16.5. The van der Waals surface area contributed by atoms with Crippen molar-refractivity contribution >= 4 is 16.7 Å². The van der Waals surface area contributed by atoms with Gasteiger partial charge in [0.25, 0.3) is 0 Å². The summed E-state index contributed by atoms with van der Waals surface area (Å²) in [4.78, 5) is 4.71. The average Bonchev–Trinajstić information content (AvgIpc) is 2.99. The third kappa shape index (κ3) is 3.57. The smallest absolute Gasteiger partial charge is 0.139 e. The molecule has 3 heterocycles. The molecule has 6 nitrogen and oxygen atoms in total. The normalized spacial score (nSPS) is 20.4. The second-order valence-corrected chi connectivity index (χ2v) is 6.66. The van der Waals surface area contributed by atoms with Gasteiger partial charge >= 0.3 is 0 Å². The van der Waals surface area contributed by atoms with E-state index in [1.165, 1.54) is 0 Å². The molecule has 1 aliphatic heterocycles. The van der Waals surface area contributed by atoms with Gasteiger partial charge in [-0.05, 0) is 38.5 Å². The van der Waals surface area contributed by atoms with E-state index in [0.29, 0.717) is 13.2 Å². The standard InChI is InChI=1S/C20H23N3O3/c1-13-16(14(2)26-23-13)11-25-19-12-24-10-9-18(19)22-20-8-7-15-5-3-4-6-17(15)21-20/h3-8,18-19H,9-12H2,1-2H3,(H,21,22)/t18-,19-/m1/s1. The number of fused-ring (bicyclic) bond motifs is 1. The van der Waals surface area contributed by atoms with E-state index in [0.717, 1.165) is 46.8 Å². The van der Waals surface area contributed by atoms with Crippen LogP contribution in [0.5, 0.6) is 0 Å². The number of ether oxygens (including phenoxy) is 2. The predicted molar refractivity (Wildman–Crippen MR) is 99.1 cm³/mol. The number of anilines is 1. The molecular formula is C20H23N3O3. The maximum Gasteiger partial charge on any atom is 0.139 e. The first-order chi connectivity index (χ1) is 12.7. The monoisotopic (exact) mass is 353 g/mol. The van der Waals surface area contributed by atoms with Crippen LogP contribution >= 0.6 is 0 Å². The van der Waals surface area contributed by atoms with Gasteiger partial charge in [-0.3, -0.25) is 0 Å². The number of nitrogens with zero attached hydrogens (tertiary/aromatic N) is 2. The second kappa shape index (κ2) is 7.43. The van der Waals surface area contributed by atoms with Crippen LogP contribution in [-0.4, -0.2) is 35.5 Å². The first kappa shape index (κ1) is 17.0. The van der Waals surface area contributed by atoms with Crippen molar-refractivity contribution in [2.45, 2.75) is 39.0 Å². The van der Waals surface area contributed by atoms with Crippen molar-refractivity contribution in [1.29, 1.82) is 0 Å². The van der Waals surface area contributed by atoms with Crippen LogP contribution in [0.3, 0.4) is 0 Å². The molecule has 26 heavy (non-hydrogen) atoms. The Morgan fingerprint density at radius 2 is 2.08 bits per heavy atom. The van der Waals surface area contributed by atoms with Crippen LogP contribution in [-0.2, 0) is 16.1 Å². The van der Waals surface area contributed by atoms with E-state index < -0.39 is 0 Å². The fraction of sp³-hybridized carbons (Fsp3) is 0.400. The van der Waals surface area contributed by atoms with E-state index in [1.54, 1.807) is 0 Å². The molecule has 136 valence electrons. The number of aryl methyl sites for hydroxylation is 2. The Morgan fingerprint density at radius 1 is 1.19 bits per heavy atom. The summed E-state index contributed by atoms with van der Waals surface area (Å²) >= 11 is 0. The Balaban J connectivity index is 1.46. The summed E-state index contributed by atoms with van der Waals surface area (Å²) in [6, 6.07) is 12.4. The lowest BCUT2D eigenvalue weighted by Crippen LogP contribution is -2.43. The minimum atomic E-state index is -0.0503. The molecule has 0 amide bonds. The van der Waals surface area contributed by atoms with Crippen LogP contribution < -0.4 is 5.32 Å². The summed E-state index contributed by atoms with van der Waals surface area (Å²) in [5, 5.41) is 8.65. The molecule has 1 N–H and O–H groups in total. The Labute approximate surface area is 152 Å². The van der Waals surface area contributed by atoms with Gasteiger partial charge in [-0.2, -0.15) is 0 Å². The molecule has 1 aliphatic rings. The SMILES string of the molecule is Cc1noc(C)c1CO[C@@H]1COCC[C@H]1Nc1ccc2ccccc2n1. The van der Waals surface area contributed by atoms with Crippen molar-refractivity contribution in [2.75, 3.05) is 18.5 Å². The van der Waals surface area contributed by atoms with Crippen LogP contribution in [0.1, 0.15) is 23.4 Å². The van der Waals surface area contributed by atoms with Crippen molar-refractivity contribution in [3.63, 3.8) is 0 Å². The van der Waals surface area contributed by atoms with Gasteiger partial charge in [-0.15, -0.1) is 0 Å². The Kier molecular flexibility index (Phi) is 4.86. The zero-order chi connectivity index (χ0) is 17.9. The van der Waals surface area contributed by atoms with E-state index >= 15 is 0 Å². The molecule has 1 saturated heterocycles. The van der Waals surface area contributed by atoms with Gasteiger partial charge in [0, 0.05) is 17.6 Å². The minimum absolute atomic E-state index is 0.0503. The number of para-hydroxylation sites is 1. The van der Waals surface area contributed by atoms with Crippen molar-refractivity contribution in [1.82, 2.24) is 10.1 Å². The topological polar surface area (TPSA) is 69.4 Å². The molecule has 1 aromatic carbocycles. The summed E-state index contributed by atoms with van der Waals surface area (Å²) < 4.78 is 17.0. The average molecular weight is 353 g/mol. The van der Waals surface area contributed by atoms with Gasteiger partial charge in [0.05, 0.1) is 30.5 Å². The van der Waals surface area contributed by atoms with E-state index in [1.807, 2.05) is 38.1 Å². The molecule has 0 radical (unpaired) electrons. The van der Waals surface area contributed by atoms with Gasteiger partial charge in [0.1, 0.15) is 17.7 Å². The zero-order valence-electron chi connectivity index (χ0n) is 15.1. The number of pyridine rings is 1. The molecule has 0 saturated carbocycles. The molecule has 1 fully saturated rings. The maximum atomic E-state index is 6.15. The molecule has 0 aliphatic carbocycles. The van der Waals surface area contributed by atoms with E-state index in [2.05, 4.69) is 22.6 Å². The fourth-order valence-corrected chi connectivity index (χ4v) is 3.28. The van der Waals surface area contributed by atoms with Crippen LogP contribution in [0.25, 0.3) is 10.9 Å². The van der Waals surface area contributed by atoms with Gasteiger partial charge in [-0.1, -0.05) is 23.4 Å². The van der Waals surface area contributed by atoms with Gasteiger partial charge in [-0.25, -0.2) is 4.98 Å². The number of benzene rings is 1. The van der Waals surface area contributed by atoms with Crippen molar-refractivity contribution in [3.05, 3.63) is 53.4 Å². The van der Waals surface area contributed by atoms with Gasteiger partial charge in [0.15, 0.2) is 0 Å². The molecule has 3 aromatic rings. The molecular weight excluding hydrogens is 330 g/mol. The maximum absolute atomic E-state index is 6.15. The summed E-state index contributed by atoms with van der Waals surface area (Å²) in [6.45, 7) is 5.59. The van der Waals surface area contributed by atoms with Crippen molar-refractivity contribution in [2.24, 2.45) is 0 Å². The first-order valence-corrected chi connectivity index (χ1v) is 8.94. The Bertz CT molecular complexity index is 873. The number of rotatable bonds is 5. The molecule has 0 unspecified atom stereocenters. The molecule has 0 bridgehead atoms. The Morgan fingerprint density at radius 3 is 2.92 bits per heavy atom. The second-order valence-electron chi connectivity index (χ2n) is 6.66. The summed E-state index contributed by atoms with van der Waals surface area (Å²) in [6.07, 6.45) is 0.826. The minimum Gasteiger partial charge on any atom is -0.379 e. The van der Waals surface area contributed by atoms with E-state index in [-0.39, 0.29) is 12.1 Å². The Hall–Kier alpha value is -2.44. The lowest BCUT2D eigenvalue weighted by atomic mass is 10.1. The molecule has 6 heteroatoms. The highest BCUT2D eigenvalue weighted by molar-refractivity contribution is 5.80. The number of aromatic nitrogens is 2. The summed E-state index contributed by atoms with van der Waals surface area (Å²) in [5.74, 6) is 1.67. The van der Waals surface area contributed by atoms with Crippen LogP contribution in [0.15, 0.2) is 40.9 Å². The molecule has 2 aromatic heterocycles.